The normalized spacial score (nSPS) is 12.9. The second kappa shape index (κ2) is 8.28. The summed E-state index contributed by atoms with van der Waals surface area (Å²) in [6.45, 7) is 2.74. The molecule has 3 amide bonds. The quantitative estimate of drug-likeness (QED) is 0.612. The summed E-state index contributed by atoms with van der Waals surface area (Å²) in [7, 11) is 0. The standard InChI is InChI=1S/C22H21N5O3/c1-2-3-10-26-21(29)18-9-6-16(11-19(18)22(26)30)20(28)24-12-15-4-7-17(8-5-15)27-14-23-13-25-27/h4-9,11,13-14H,2-3,10,12H2,1H3,(H,24,28). The van der Waals surface area contributed by atoms with Crippen molar-refractivity contribution >= 4 is 17.7 Å². The number of nitrogens with one attached hydrogen (secondary N) is 1. The highest BCUT2D eigenvalue weighted by Crippen LogP contribution is 2.24. The minimum absolute atomic E-state index is 0.289. The lowest BCUT2D eigenvalue weighted by molar-refractivity contribution is 0.0652. The highest BCUT2D eigenvalue weighted by Gasteiger charge is 2.35. The zero-order chi connectivity index (χ0) is 21.1. The molecule has 0 saturated carbocycles. The number of benzene rings is 2. The van der Waals surface area contributed by atoms with Gasteiger partial charge in [-0.25, -0.2) is 9.67 Å². The number of carbonyl (C=O) groups excluding carboxylic acids is 3. The van der Waals surface area contributed by atoms with Crippen molar-refractivity contribution in [2.75, 3.05) is 6.54 Å². The van der Waals surface area contributed by atoms with Gasteiger partial charge in [-0.2, -0.15) is 5.10 Å². The average molecular weight is 403 g/mol. The molecule has 0 fully saturated rings. The Kier molecular flexibility index (Phi) is 5.38. The predicted molar refractivity (Wildman–Crippen MR) is 109 cm³/mol. The summed E-state index contributed by atoms with van der Waals surface area (Å²) >= 11 is 0. The Morgan fingerprint density at radius 2 is 1.80 bits per heavy atom. The molecule has 2 heterocycles. The van der Waals surface area contributed by atoms with Crippen LogP contribution in [0.25, 0.3) is 5.69 Å². The van der Waals surface area contributed by atoms with Crippen LogP contribution in [0.4, 0.5) is 0 Å². The first kappa shape index (κ1) is 19.5. The van der Waals surface area contributed by atoms with E-state index in [2.05, 4.69) is 15.4 Å². The molecule has 1 aliphatic rings. The molecule has 0 unspecified atom stereocenters. The molecule has 0 spiro atoms. The van der Waals surface area contributed by atoms with Crippen molar-refractivity contribution in [2.24, 2.45) is 0 Å². The molecule has 152 valence electrons. The van der Waals surface area contributed by atoms with Gasteiger partial charge in [0, 0.05) is 18.7 Å². The molecule has 0 saturated heterocycles. The lowest BCUT2D eigenvalue weighted by Crippen LogP contribution is -2.30. The van der Waals surface area contributed by atoms with Crippen LogP contribution in [0.5, 0.6) is 0 Å². The minimum Gasteiger partial charge on any atom is -0.348 e. The molecular weight excluding hydrogens is 382 g/mol. The number of fused-ring (bicyclic) bond motifs is 1. The van der Waals surface area contributed by atoms with E-state index >= 15 is 0 Å². The molecule has 1 aliphatic heterocycles. The number of unbranched alkanes of at least 4 members (excludes halogenated alkanes) is 1. The molecule has 2 aromatic carbocycles. The van der Waals surface area contributed by atoms with Crippen LogP contribution in [-0.4, -0.2) is 43.9 Å². The Labute approximate surface area is 173 Å². The van der Waals surface area contributed by atoms with Crippen LogP contribution in [0.15, 0.2) is 55.1 Å². The lowest BCUT2D eigenvalue weighted by atomic mass is 10.1. The van der Waals surface area contributed by atoms with Crippen LogP contribution >= 0.6 is 0 Å². The van der Waals surface area contributed by atoms with Gasteiger partial charge >= 0.3 is 0 Å². The zero-order valence-electron chi connectivity index (χ0n) is 16.5. The molecule has 8 heteroatoms. The molecule has 3 aromatic rings. The van der Waals surface area contributed by atoms with Crippen LogP contribution < -0.4 is 5.32 Å². The van der Waals surface area contributed by atoms with Crippen molar-refractivity contribution in [1.29, 1.82) is 0 Å². The second-order valence-electron chi connectivity index (χ2n) is 7.07. The smallest absolute Gasteiger partial charge is 0.261 e. The predicted octanol–water partition coefficient (Wildman–Crippen LogP) is 2.59. The van der Waals surface area contributed by atoms with Crippen molar-refractivity contribution in [3.05, 3.63) is 77.4 Å². The van der Waals surface area contributed by atoms with Gasteiger partial charge in [-0.1, -0.05) is 25.5 Å². The first-order valence-electron chi connectivity index (χ1n) is 9.81. The SMILES string of the molecule is CCCCN1C(=O)c2ccc(C(=O)NCc3ccc(-n4cncn4)cc3)cc2C1=O. The largest absolute Gasteiger partial charge is 0.348 e. The van der Waals surface area contributed by atoms with Gasteiger partial charge in [0.2, 0.25) is 0 Å². The summed E-state index contributed by atoms with van der Waals surface area (Å²) < 4.78 is 1.65. The summed E-state index contributed by atoms with van der Waals surface area (Å²) in [4.78, 5) is 42.7. The van der Waals surface area contributed by atoms with Crippen LogP contribution in [-0.2, 0) is 6.54 Å². The summed E-state index contributed by atoms with van der Waals surface area (Å²) in [5.74, 6) is -0.921. The number of nitrogens with zero attached hydrogens (tertiary/aromatic N) is 4. The van der Waals surface area contributed by atoms with E-state index in [4.69, 9.17) is 0 Å². The Morgan fingerprint density at radius 1 is 1.03 bits per heavy atom. The highest BCUT2D eigenvalue weighted by atomic mass is 16.2. The number of carbonyl (C=O) groups is 3. The molecule has 1 N–H and O–H groups in total. The van der Waals surface area contributed by atoms with E-state index in [1.54, 1.807) is 23.1 Å². The molecule has 0 bridgehead atoms. The molecule has 0 aliphatic carbocycles. The number of aromatic nitrogens is 3. The van der Waals surface area contributed by atoms with Gasteiger partial charge in [-0.05, 0) is 42.3 Å². The fraction of sp³-hybridized carbons (Fsp3) is 0.227. The highest BCUT2D eigenvalue weighted by molar-refractivity contribution is 6.22. The maximum atomic E-state index is 12.6. The number of rotatable bonds is 7. The minimum atomic E-state index is -0.332. The van der Waals surface area contributed by atoms with Crippen LogP contribution in [0.1, 0.15) is 56.4 Å². The number of imide groups is 1. The van der Waals surface area contributed by atoms with Crippen molar-refractivity contribution in [3.63, 3.8) is 0 Å². The fourth-order valence-corrected chi connectivity index (χ4v) is 3.34. The van der Waals surface area contributed by atoms with Gasteiger partial charge in [-0.15, -0.1) is 0 Å². The van der Waals surface area contributed by atoms with Crippen molar-refractivity contribution < 1.29 is 14.4 Å². The molecule has 1 aromatic heterocycles. The Bertz CT molecular complexity index is 1090. The van der Waals surface area contributed by atoms with Gasteiger partial charge in [0.15, 0.2) is 0 Å². The third kappa shape index (κ3) is 3.71. The average Bonchev–Trinajstić information content (AvgIpc) is 3.39. The van der Waals surface area contributed by atoms with E-state index in [1.807, 2.05) is 31.2 Å². The van der Waals surface area contributed by atoms with E-state index in [-0.39, 0.29) is 17.7 Å². The lowest BCUT2D eigenvalue weighted by Gasteiger charge is -2.12. The van der Waals surface area contributed by atoms with Crippen molar-refractivity contribution in [2.45, 2.75) is 26.3 Å². The van der Waals surface area contributed by atoms with E-state index in [9.17, 15) is 14.4 Å². The van der Waals surface area contributed by atoms with E-state index in [1.165, 1.54) is 17.3 Å². The van der Waals surface area contributed by atoms with Gasteiger partial charge in [-0.3, -0.25) is 19.3 Å². The molecule has 0 radical (unpaired) electrons. The van der Waals surface area contributed by atoms with E-state index < -0.39 is 0 Å². The Hall–Kier alpha value is -3.81. The van der Waals surface area contributed by atoms with Crippen LogP contribution in [0, 0.1) is 0 Å². The number of amides is 3. The third-order valence-electron chi connectivity index (χ3n) is 5.04. The summed E-state index contributed by atoms with van der Waals surface area (Å²) in [6.07, 6.45) is 4.72. The molecule has 0 atom stereocenters. The summed E-state index contributed by atoms with van der Waals surface area (Å²) in [5, 5.41) is 6.92. The maximum Gasteiger partial charge on any atom is 0.261 e. The van der Waals surface area contributed by atoms with E-state index in [0.29, 0.717) is 29.8 Å². The molecule has 4 rings (SSSR count). The van der Waals surface area contributed by atoms with Gasteiger partial charge in [0.1, 0.15) is 12.7 Å². The fourth-order valence-electron chi connectivity index (χ4n) is 3.34. The monoisotopic (exact) mass is 403 g/mol. The van der Waals surface area contributed by atoms with Crippen LogP contribution in [0.3, 0.4) is 0 Å². The van der Waals surface area contributed by atoms with Crippen LogP contribution in [0.2, 0.25) is 0 Å². The van der Waals surface area contributed by atoms with Crippen molar-refractivity contribution in [1.82, 2.24) is 25.0 Å². The van der Waals surface area contributed by atoms with Crippen molar-refractivity contribution in [3.8, 4) is 5.69 Å². The summed E-state index contributed by atoms with van der Waals surface area (Å²) in [6, 6.07) is 12.2. The first-order valence-corrected chi connectivity index (χ1v) is 9.81. The molecule has 30 heavy (non-hydrogen) atoms. The maximum absolute atomic E-state index is 12.6. The molecular formula is C22H21N5O3. The third-order valence-corrected chi connectivity index (χ3v) is 5.04. The topological polar surface area (TPSA) is 97.2 Å². The van der Waals surface area contributed by atoms with Gasteiger partial charge in [0.25, 0.3) is 17.7 Å². The zero-order valence-corrected chi connectivity index (χ0v) is 16.5. The Balaban J connectivity index is 1.42. The van der Waals surface area contributed by atoms with Gasteiger partial charge in [0.05, 0.1) is 16.8 Å². The second-order valence-corrected chi connectivity index (χ2v) is 7.07. The molecule has 8 nitrogen and oxygen atoms in total. The van der Waals surface area contributed by atoms with Gasteiger partial charge < -0.3 is 5.32 Å². The number of hydrogen-bond donors (Lipinski definition) is 1. The van der Waals surface area contributed by atoms with E-state index in [0.717, 1.165) is 24.1 Å². The first-order chi connectivity index (χ1) is 14.6. The number of hydrogen-bond acceptors (Lipinski definition) is 5. The Morgan fingerprint density at radius 3 is 2.50 bits per heavy atom. The summed E-state index contributed by atoms with van der Waals surface area (Å²) in [5.41, 5.74) is 2.80.